The molecule has 1 unspecified atom stereocenters. The zero-order valence-corrected chi connectivity index (χ0v) is 21.2. The number of carbonyl (C=O) groups is 1. The Balaban J connectivity index is 1.66. The van der Waals surface area contributed by atoms with Crippen molar-refractivity contribution in [3.8, 4) is 11.5 Å². The molecule has 6 nitrogen and oxygen atoms in total. The first-order valence-electron chi connectivity index (χ1n) is 11.7. The van der Waals surface area contributed by atoms with Gasteiger partial charge in [0.2, 0.25) is 9.84 Å². The van der Waals surface area contributed by atoms with Crippen LogP contribution in [0.4, 0.5) is 0 Å². The maximum Gasteiger partial charge on any atom is 0.303 e. The highest BCUT2D eigenvalue weighted by molar-refractivity contribution is 7.91. The summed E-state index contributed by atoms with van der Waals surface area (Å²) in [6.45, 7) is 6.19. The number of aryl methyl sites for hydroxylation is 3. The van der Waals surface area contributed by atoms with Gasteiger partial charge in [0.05, 0.1) is 17.6 Å². The van der Waals surface area contributed by atoms with Gasteiger partial charge in [-0.2, -0.15) is 0 Å². The van der Waals surface area contributed by atoms with E-state index in [1.165, 1.54) is 0 Å². The predicted molar refractivity (Wildman–Crippen MR) is 135 cm³/mol. The Kier molecular flexibility index (Phi) is 8.93. The number of carboxylic acid groups (broad SMARTS) is 1. The smallest absolute Gasteiger partial charge is 0.303 e. The van der Waals surface area contributed by atoms with Crippen LogP contribution in [0, 0.1) is 6.92 Å². The van der Waals surface area contributed by atoms with Crippen molar-refractivity contribution in [3.05, 3.63) is 83.4 Å². The number of carboxylic acids is 1. The van der Waals surface area contributed by atoms with Crippen molar-refractivity contribution in [3.63, 3.8) is 0 Å². The lowest BCUT2D eigenvalue weighted by atomic mass is 10.0. The molecule has 35 heavy (non-hydrogen) atoms. The average molecular weight is 497 g/mol. The molecule has 1 N–H and O–H groups in total. The van der Waals surface area contributed by atoms with Gasteiger partial charge in [-0.05, 0) is 79.8 Å². The minimum absolute atomic E-state index is 0.0944. The Morgan fingerprint density at radius 1 is 1.03 bits per heavy atom. The van der Waals surface area contributed by atoms with Gasteiger partial charge in [-0.1, -0.05) is 37.3 Å². The van der Waals surface area contributed by atoms with Gasteiger partial charge in [0, 0.05) is 12.8 Å². The third kappa shape index (κ3) is 7.09. The van der Waals surface area contributed by atoms with Crippen LogP contribution in [0.3, 0.4) is 0 Å². The summed E-state index contributed by atoms with van der Waals surface area (Å²) in [4.78, 5) is 11.2. The quantitative estimate of drug-likeness (QED) is 0.349. The molecule has 3 aromatic rings. The number of rotatable bonds is 12. The molecule has 186 valence electrons. The molecule has 0 fully saturated rings. The van der Waals surface area contributed by atoms with Crippen molar-refractivity contribution in [1.29, 1.82) is 0 Å². The maximum absolute atomic E-state index is 13.3. The molecule has 3 rings (SSSR count). The van der Waals surface area contributed by atoms with Gasteiger partial charge < -0.3 is 14.6 Å². The molecule has 0 spiro atoms. The Morgan fingerprint density at radius 3 is 2.43 bits per heavy atom. The van der Waals surface area contributed by atoms with Gasteiger partial charge in [-0.3, -0.25) is 4.79 Å². The lowest BCUT2D eigenvalue weighted by molar-refractivity contribution is -0.136. The van der Waals surface area contributed by atoms with Crippen LogP contribution in [-0.4, -0.2) is 32.2 Å². The molecule has 7 heteroatoms. The lowest BCUT2D eigenvalue weighted by Gasteiger charge is -2.19. The molecule has 0 saturated carbocycles. The van der Waals surface area contributed by atoms with Crippen molar-refractivity contribution in [1.82, 2.24) is 0 Å². The van der Waals surface area contributed by atoms with E-state index in [1.807, 2.05) is 45.0 Å². The summed E-state index contributed by atoms with van der Waals surface area (Å²) in [6.07, 6.45) is 1.58. The number of aliphatic carboxylic acids is 1. The largest absolute Gasteiger partial charge is 0.493 e. The van der Waals surface area contributed by atoms with E-state index in [2.05, 4.69) is 0 Å². The minimum atomic E-state index is -3.72. The molecule has 0 saturated heterocycles. The summed E-state index contributed by atoms with van der Waals surface area (Å²) in [5, 5.41) is 8.87. The minimum Gasteiger partial charge on any atom is -0.493 e. The monoisotopic (exact) mass is 496 g/mol. The molecular formula is C28H32O6S. The topological polar surface area (TPSA) is 89.9 Å². The summed E-state index contributed by atoms with van der Waals surface area (Å²) in [6, 6.07) is 19.3. The van der Waals surface area contributed by atoms with Gasteiger partial charge >= 0.3 is 5.97 Å². The van der Waals surface area contributed by atoms with E-state index in [0.717, 1.165) is 23.1 Å². The first-order chi connectivity index (χ1) is 16.7. The zero-order chi connectivity index (χ0) is 25.4. The number of sulfone groups is 1. The van der Waals surface area contributed by atoms with E-state index >= 15 is 0 Å². The van der Waals surface area contributed by atoms with Crippen LogP contribution < -0.4 is 9.47 Å². The van der Waals surface area contributed by atoms with Gasteiger partial charge in [0.1, 0.15) is 16.4 Å². The number of ether oxygens (including phenoxy) is 2. The van der Waals surface area contributed by atoms with Gasteiger partial charge in [0.15, 0.2) is 0 Å². The van der Waals surface area contributed by atoms with Crippen LogP contribution in [0.1, 0.15) is 43.4 Å². The second-order valence-electron chi connectivity index (χ2n) is 8.50. The molecular weight excluding hydrogens is 464 g/mol. The Bertz CT molecular complexity index is 1250. The molecule has 0 bridgehead atoms. The van der Waals surface area contributed by atoms with Gasteiger partial charge in [-0.15, -0.1) is 0 Å². The van der Waals surface area contributed by atoms with E-state index in [9.17, 15) is 13.2 Å². The predicted octanol–water partition coefficient (Wildman–Crippen LogP) is 5.64. The second kappa shape index (κ2) is 11.9. The fraction of sp³-hybridized carbons (Fsp3) is 0.321. The van der Waals surface area contributed by atoms with Crippen LogP contribution in [-0.2, 0) is 27.5 Å². The van der Waals surface area contributed by atoms with Crippen molar-refractivity contribution < 1.29 is 27.8 Å². The Labute approximate surface area is 207 Å². The van der Waals surface area contributed by atoms with Crippen molar-refractivity contribution in [2.45, 2.75) is 62.3 Å². The normalized spacial score (nSPS) is 12.2. The molecule has 3 aromatic carbocycles. The maximum atomic E-state index is 13.3. The summed E-state index contributed by atoms with van der Waals surface area (Å²) < 4.78 is 38.6. The molecule has 0 heterocycles. The Morgan fingerprint density at radius 2 is 1.77 bits per heavy atom. The fourth-order valence-electron chi connectivity index (χ4n) is 3.71. The van der Waals surface area contributed by atoms with E-state index in [4.69, 9.17) is 14.6 Å². The summed E-state index contributed by atoms with van der Waals surface area (Å²) in [5.74, 6) is 0.216. The highest BCUT2D eigenvalue weighted by Gasteiger charge is 2.23. The molecule has 0 aromatic heterocycles. The van der Waals surface area contributed by atoms with Gasteiger partial charge in [-0.25, -0.2) is 8.42 Å². The SMILES string of the molecule is CCc1ccc(OC(C)CCOc2ccc(CCC(=O)O)c(C)c2)c(S(=O)(=O)c2ccccc2)c1. The van der Waals surface area contributed by atoms with E-state index < -0.39 is 15.8 Å². The molecule has 0 aliphatic heterocycles. The Hall–Kier alpha value is -3.32. The van der Waals surface area contributed by atoms with E-state index in [-0.39, 0.29) is 22.3 Å². The first-order valence-corrected chi connectivity index (χ1v) is 13.2. The van der Waals surface area contributed by atoms with Crippen LogP contribution in [0.15, 0.2) is 76.5 Å². The molecule has 1 atom stereocenters. The molecule has 0 amide bonds. The number of hydrogen-bond donors (Lipinski definition) is 1. The first kappa shape index (κ1) is 26.3. The molecule has 0 radical (unpaired) electrons. The van der Waals surface area contributed by atoms with Crippen LogP contribution >= 0.6 is 0 Å². The lowest BCUT2D eigenvalue weighted by Crippen LogP contribution is -2.17. The summed E-state index contributed by atoms with van der Waals surface area (Å²) >= 11 is 0. The third-order valence-corrected chi connectivity index (χ3v) is 7.59. The summed E-state index contributed by atoms with van der Waals surface area (Å²) in [5.41, 5.74) is 2.89. The summed E-state index contributed by atoms with van der Waals surface area (Å²) in [7, 11) is -3.72. The highest BCUT2D eigenvalue weighted by atomic mass is 32.2. The van der Waals surface area contributed by atoms with Gasteiger partial charge in [0.25, 0.3) is 0 Å². The van der Waals surface area contributed by atoms with Crippen LogP contribution in [0.5, 0.6) is 11.5 Å². The number of hydrogen-bond acceptors (Lipinski definition) is 5. The van der Waals surface area contributed by atoms with E-state index in [0.29, 0.717) is 30.9 Å². The third-order valence-electron chi connectivity index (χ3n) is 5.80. The van der Waals surface area contributed by atoms with Crippen LogP contribution in [0.25, 0.3) is 0 Å². The highest BCUT2D eigenvalue weighted by Crippen LogP contribution is 2.32. The zero-order valence-electron chi connectivity index (χ0n) is 20.4. The van der Waals surface area contributed by atoms with Crippen molar-refractivity contribution in [2.24, 2.45) is 0 Å². The molecule has 0 aliphatic rings. The fourth-order valence-corrected chi connectivity index (χ4v) is 5.16. The van der Waals surface area contributed by atoms with Crippen molar-refractivity contribution in [2.75, 3.05) is 6.61 Å². The average Bonchev–Trinajstić information content (AvgIpc) is 2.84. The number of benzene rings is 3. The van der Waals surface area contributed by atoms with Crippen molar-refractivity contribution >= 4 is 15.8 Å². The second-order valence-corrected chi connectivity index (χ2v) is 10.4. The van der Waals surface area contributed by atoms with E-state index in [1.54, 1.807) is 42.5 Å². The standard InChI is InChI=1S/C28H32O6S/c1-4-22-10-14-26(27(19-22)35(31,32)25-8-6-5-7-9-25)34-21(3)16-17-33-24-13-11-23(20(2)18-24)12-15-28(29)30/h5-11,13-14,18-19,21H,4,12,15-17H2,1-3H3,(H,29,30). The van der Waals surface area contributed by atoms with Crippen LogP contribution in [0.2, 0.25) is 0 Å². The molecule has 0 aliphatic carbocycles.